The van der Waals surface area contributed by atoms with E-state index >= 15 is 0 Å². The Bertz CT molecular complexity index is 423. The Morgan fingerprint density at radius 2 is 2.21 bits per heavy atom. The maximum Gasteiger partial charge on any atom is 1.00 e. The molecule has 0 N–H and O–H groups in total. The van der Waals surface area contributed by atoms with Gasteiger partial charge in [-0.3, -0.25) is 10.3 Å². The van der Waals surface area contributed by atoms with Gasteiger partial charge in [0.25, 0.3) is 0 Å². The van der Waals surface area contributed by atoms with E-state index < -0.39 is 10.7 Å². The summed E-state index contributed by atoms with van der Waals surface area (Å²) in [6.07, 6.45) is 0. The number of rotatable bonds is 2. The molecule has 0 fully saturated rings. The van der Waals surface area contributed by atoms with Crippen LogP contribution < -0.4 is 63.3 Å². The number of hydrogen-bond acceptors (Lipinski definition) is 8. The van der Waals surface area contributed by atoms with Crippen LogP contribution in [0, 0.1) is 10.1 Å². The van der Waals surface area contributed by atoms with Gasteiger partial charge in [0.05, 0.1) is 5.82 Å². The molecule has 14 heavy (non-hydrogen) atoms. The average molecular weight is 268 g/mol. The summed E-state index contributed by atoms with van der Waals surface area (Å²) in [5, 5.41) is 29.6. The molecule has 0 aromatic carbocycles. The Labute approximate surface area is 124 Å². The molecule has 0 saturated heterocycles. The number of hydrogen-bond donors (Lipinski definition) is 0. The van der Waals surface area contributed by atoms with Gasteiger partial charge in [-0.25, -0.2) is 0 Å². The molecule has 0 aliphatic rings. The molecular formula is C3N7O3Rb. The molecule has 10 nitrogen and oxygen atoms in total. The Hall–Kier alpha value is -0.585. The van der Waals surface area contributed by atoms with Crippen molar-refractivity contribution in [2.75, 3.05) is 0 Å². The van der Waals surface area contributed by atoms with Crippen LogP contribution in [-0.2, 0) is 0 Å². The van der Waals surface area contributed by atoms with Crippen LogP contribution in [0.2, 0.25) is 0 Å². The van der Waals surface area contributed by atoms with Crippen molar-refractivity contribution in [2.45, 2.75) is 0 Å². The first-order valence-electron chi connectivity index (χ1n) is 2.95. The third-order valence-corrected chi connectivity index (χ3v) is 1.17. The van der Waals surface area contributed by atoms with Gasteiger partial charge in [0.1, 0.15) is 0 Å². The minimum atomic E-state index is -0.762. The van der Waals surface area contributed by atoms with Gasteiger partial charge in [0.2, 0.25) is 5.69 Å². The van der Waals surface area contributed by atoms with E-state index in [2.05, 4.69) is 35.6 Å². The summed E-state index contributed by atoms with van der Waals surface area (Å²) in [6, 6.07) is 0. The van der Waals surface area contributed by atoms with E-state index in [9.17, 15) is 10.1 Å². The zero-order chi connectivity index (χ0) is 9.26. The second-order valence-electron chi connectivity index (χ2n) is 1.90. The Morgan fingerprint density at radius 3 is 2.79 bits per heavy atom. The van der Waals surface area contributed by atoms with Crippen LogP contribution in [-0.4, -0.2) is 30.8 Å². The number of aromatic nitrogens is 6. The summed E-state index contributed by atoms with van der Waals surface area (Å²) in [4.78, 5) is 9.56. The summed E-state index contributed by atoms with van der Waals surface area (Å²) in [5.74, 6) is -0.650. The molecule has 0 bridgehead atoms. The van der Waals surface area contributed by atoms with Crippen molar-refractivity contribution < 1.29 is 67.7 Å². The summed E-state index contributed by atoms with van der Waals surface area (Å²) in [7, 11) is 0. The topological polar surface area (TPSA) is 135 Å². The monoisotopic (exact) mass is 267 g/mol. The van der Waals surface area contributed by atoms with Crippen LogP contribution in [0.3, 0.4) is 0 Å². The molecule has 66 valence electrons. The Balaban J connectivity index is 0.000000980. The minimum Gasteiger partial charge on any atom is -0.358 e. The molecule has 2 rings (SSSR count). The van der Waals surface area contributed by atoms with E-state index in [-0.39, 0.29) is 69.7 Å². The summed E-state index contributed by atoms with van der Waals surface area (Å²) in [5.41, 5.74) is -0.185. The van der Waals surface area contributed by atoms with E-state index in [0.717, 1.165) is 0 Å². The van der Waals surface area contributed by atoms with Crippen LogP contribution in [0.1, 0.15) is 0 Å². The van der Waals surface area contributed by atoms with E-state index in [1.54, 1.807) is 0 Å². The van der Waals surface area contributed by atoms with Gasteiger partial charge >= 0.3 is 64.0 Å². The summed E-state index contributed by atoms with van der Waals surface area (Å²) >= 11 is 0. The van der Waals surface area contributed by atoms with Crippen molar-refractivity contribution in [3.8, 4) is 11.5 Å². The van der Waals surface area contributed by atoms with E-state index in [1.807, 2.05) is 0 Å². The molecular weight excluding hydrogens is 268 g/mol. The largest absolute Gasteiger partial charge is 1.00 e. The van der Waals surface area contributed by atoms with Crippen LogP contribution in [0.25, 0.3) is 11.5 Å². The molecule has 0 aliphatic carbocycles. The van der Waals surface area contributed by atoms with Crippen LogP contribution >= 0.6 is 0 Å². The fraction of sp³-hybridized carbons (Fsp3) is 0. The number of nitro groups is 1. The molecule has 0 spiro atoms. The first kappa shape index (κ1) is 11.5. The first-order valence-corrected chi connectivity index (χ1v) is 2.95. The van der Waals surface area contributed by atoms with Crippen molar-refractivity contribution in [3.63, 3.8) is 0 Å². The predicted molar refractivity (Wildman–Crippen MR) is 33.1 cm³/mol. The van der Waals surface area contributed by atoms with E-state index in [1.165, 1.54) is 0 Å². The smallest absolute Gasteiger partial charge is 0.358 e. The van der Waals surface area contributed by atoms with Gasteiger partial charge in [-0.2, -0.15) is 5.21 Å². The molecule has 2 aromatic heterocycles. The molecule has 0 aliphatic heterocycles. The maximum atomic E-state index is 10.3. The SMILES string of the molecule is O=[N+]([O-])c1nonc1-c1nnn[n-]1.[Rb+]. The molecule has 2 aromatic rings. The quantitative estimate of drug-likeness (QED) is 0.392. The standard InChI is InChI=1S/C3N7O3.Rb/c11-10(12)3-1(6-13-7-3)2-4-8-9-5-2;/q-1;+1. The van der Waals surface area contributed by atoms with Crippen molar-refractivity contribution in [2.24, 2.45) is 0 Å². The van der Waals surface area contributed by atoms with Crippen molar-refractivity contribution in [1.82, 2.24) is 30.9 Å². The Morgan fingerprint density at radius 1 is 1.43 bits per heavy atom. The molecule has 0 amide bonds. The molecule has 11 heteroatoms. The van der Waals surface area contributed by atoms with Gasteiger partial charge < -0.3 is 15.2 Å². The molecule has 2 heterocycles. The fourth-order valence-electron chi connectivity index (χ4n) is 0.684. The van der Waals surface area contributed by atoms with Crippen LogP contribution in [0.4, 0.5) is 5.82 Å². The average Bonchev–Trinajstić information content (AvgIpc) is 2.74. The fourth-order valence-corrected chi connectivity index (χ4v) is 0.684. The van der Waals surface area contributed by atoms with E-state index in [0.29, 0.717) is 0 Å². The van der Waals surface area contributed by atoms with Gasteiger partial charge in [-0.05, 0) is 10.1 Å². The first-order chi connectivity index (χ1) is 6.29. The van der Waals surface area contributed by atoms with Crippen molar-refractivity contribution in [3.05, 3.63) is 10.1 Å². The van der Waals surface area contributed by atoms with Crippen molar-refractivity contribution in [1.29, 1.82) is 0 Å². The second kappa shape index (κ2) is 4.77. The number of nitrogens with zero attached hydrogens (tertiary/aromatic N) is 7. The van der Waals surface area contributed by atoms with Gasteiger partial charge in [-0.1, -0.05) is 0 Å². The molecule has 0 saturated carbocycles. The maximum absolute atomic E-state index is 10.3. The third kappa shape index (κ3) is 2.08. The third-order valence-electron chi connectivity index (χ3n) is 1.17. The summed E-state index contributed by atoms with van der Waals surface area (Å²) in [6.45, 7) is 0. The molecule has 0 atom stereocenters. The van der Waals surface area contributed by atoms with Gasteiger partial charge in [-0.15, -0.1) is 4.63 Å². The molecule has 0 radical (unpaired) electrons. The van der Waals surface area contributed by atoms with Gasteiger partial charge in [0.15, 0.2) is 5.16 Å². The molecule has 0 unspecified atom stereocenters. The summed E-state index contributed by atoms with van der Waals surface area (Å²) < 4.78 is 4.15. The zero-order valence-electron chi connectivity index (χ0n) is 6.86. The zero-order valence-corrected chi connectivity index (χ0v) is 11.8. The second-order valence-corrected chi connectivity index (χ2v) is 1.90. The van der Waals surface area contributed by atoms with Crippen LogP contribution in [0.15, 0.2) is 4.63 Å². The van der Waals surface area contributed by atoms with Crippen LogP contribution in [0.5, 0.6) is 0 Å². The normalized spacial score (nSPS) is 9.43. The van der Waals surface area contributed by atoms with Crippen molar-refractivity contribution >= 4 is 5.82 Å². The predicted octanol–water partition coefficient (Wildman–Crippen LogP) is -4.21. The van der Waals surface area contributed by atoms with Gasteiger partial charge in [0, 0.05) is 0 Å². The number of tetrazole rings is 1. The van der Waals surface area contributed by atoms with E-state index in [4.69, 9.17) is 0 Å². The Kier molecular flexibility index (Phi) is 3.92. The minimum absolute atomic E-state index is 0.